The van der Waals surface area contributed by atoms with Gasteiger partial charge in [0, 0.05) is 23.9 Å². The molecule has 0 aliphatic carbocycles. The van der Waals surface area contributed by atoms with Crippen LogP contribution >= 0.6 is 11.3 Å². The first-order chi connectivity index (χ1) is 8.84. The van der Waals surface area contributed by atoms with Crippen LogP contribution in [0.4, 0.5) is 0 Å². The fourth-order valence-electron chi connectivity index (χ4n) is 2.36. The fraction of sp³-hybridized carbons (Fsp3) is 0.643. The summed E-state index contributed by atoms with van der Waals surface area (Å²) in [6.07, 6.45) is 6.23. The van der Waals surface area contributed by atoms with Gasteiger partial charge in [-0.15, -0.1) is 11.3 Å². The van der Waals surface area contributed by atoms with Crippen molar-refractivity contribution in [1.29, 1.82) is 0 Å². The lowest BCUT2D eigenvalue weighted by Crippen LogP contribution is -2.30. The summed E-state index contributed by atoms with van der Waals surface area (Å²) >= 11 is 1.77. The second-order valence-corrected chi connectivity index (χ2v) is 5.90. The molecule has 0 saturated carbocycles. The summed E-state index contributed by atoms with van der Waals surface area (Å²) < 4.78 is 0. The normalized spacial score (nSPS) is 19.0. The highest BCUT2D eigenvalue weighted by molar-refractivity contribution is 7.09. The van der Waals surface area contributed by atoms with Gasteiger partial charge in [-0.3, -0.25) is 4.79 Å². The number of thiophene rings is 1. The molecule has 2 N–H and O–H groups in total. The lowest BCUT2D eigenvalue weighted by molar-refractivity contribution is -0.121. The molecule has 1 aliphatic heterocycles. The lowest BCUT2D eigenvalue weighted by atomic mass is 10.1. The van der Waals surface area contributed by atoms with Crippen LogP contribution < -0.4 is 10.6 Å². The van der Waals surface area contributed by atoms with Gasteiger partial charge in [0.15, 0.2) is 0 Å². The van der Waals surface area contributed by atoms with E-state index in [1.54, 1.807) is 11.3 Å². The Morgan fingerprint density at radius 1 is 1.56 bits per heavy atom. The molecule has 100 valence electrons. The van der Waals surface area contributed by atoms with Crippen LogP contribution in [0, 0.1) is 0 Å². The third kappa shape index (κ3) is 4.78. The Morgan fingerprint density at radius 2 is 2.50 bits per heavy atom. The maximum atomic E-state index is 11.6. The van der Waals surface area contributed by atoms with Gasteiger partial charge in [-0.25, -0.2) is 0 Å². The highest BCUT2D eigenvalue weighted by Crippen LogP contribution is 2.12. The Balaban J connectivity index is 1.49. The predicted octanol–water partition coefficient (Wildman–Crippen LogP) is 2.33. The summed E-state index contributed by atoms with van der Waals surface area (Å²) in [5.74, 6) is 0.199. The zero-order valence-corrected chi connectivity index (χ0v) is 11.6. The van der Waals surface area contributed by atoms with Gasteiger partial charge in [0.1, 0.15) is 0 Å². The highest BCUT2D eigenvalue weighted by Gasteiger charge is 2.13. The number of amides is 1. The number of carbonyl (C=O) groups excluding carboxylic acids is 1. The predicted molar refractivity (Wildman–Crippen MR) is 75.9 cm³/mol. The molecule has 0 bridgehead atoms. The van der Waals surface area contributed by atoms with E-state index in [1.165, 1.54) is 17.7 Å². The molecule has 0 radical (unpaired) electrons. The molecule has 1 fully saturated rings. The van der Waals surface area contributed by atoms with Crippen LogP contribution in [0.25, 0.3) is 0 Å². The van der Waals surface area contributed by atoms with Crippen LogP contribution in [-0.4, -0.2) is 25.0 Å². The third-order valence-corrected chi connectivity index (χ3v) is 4.32. The standard InChI is InChI=1S/C14H22N2OS/c17-14(7-1-5-13-6-3-11-18-13)16-10-8-12-4-2-9-15-12/h3,6,11-12,15H,1-2,4-5,7-10H2,(H,16,17). The van der Waals surface area contributed by atoms with Gasteiger partial charge >= 0.3 is 0 Å². The second kappa shape index (κ2) is 7.54. The largest absolute Gasteiger partial charge is 0.356 e. The zero-order chi connectivity index (χ0) is 12.6. The van der Waals surface area contributed by atoms with E-state index in [0.717, 1.165) is 32.4 Å². The van der Waals surface area contributed by atoms with Gasteiger partial charge in [-0.05, 0) is 50.1 Å². The van der Waals surface area contributed by atoms with Crippen molar-refractivity contribution in [2.75, 3.05) is 13.1 Å². The monoisotopic (exact) mass is 266 g/mol. The number of aryl methyl sites for hydroxylation is 1. The summed E-state index contributed by atoms with van der Waals surface area (Å²) in [4.78, 5) is 13.0. The molecule has 1 saturated heterocycles. The Morgan fingerprint density at radius 3 is 3.22 bits per heavy atom. The average Bonchev–Trinajstić information content (AvgIpc) is 3.01. The van der Waals surface area contributed by atoms with Crippen LogP contribution in [-0.2, 0) is 11.2 Å². The fourth-order valence-corrected chi connectivity index (χ4v) is 3.11. The molecular weight excluding hydrogens is 244 g/mol. The molecule has 18 heavy (non-hydrogen) atoms. The molecule has 0 aromatic carbocycles. The van der Waals surface area contributed by atoms with Crippen molar-refractivity contribution >= 4 is 17.2 Å². The van der Waals surface area contributed by atoms with E-state index in [0.29, 0.717) is 12.5 Å². The van der Waals surface area contributed by atoms with Crippen molar-refractivity contribution in [2.45, 2.75) is 44.6 Å². The molecule has 3 nitrogen and oxygen atoms in total. The first-order valence-electron chi connectivity index (χ1n) is 6.87. The minimum Gasteiger partial charge on any atom is -0.356 e. The maximum absolute atomic E-state index is 11.6. The number of rotatable bonds is 7. The van der Waals surface area contributed by atoms with Crippen molar-refractivity contribution in [3.05, 3.63) is 22.4 Å². The Kier molecular flexibility index (Phi) is 5.68. The molecule has 1 atom stereocenters. The Bertz CT molecular complexity index is 345. The van der Waals surface area contributed by atoms with Crippen LogP contribution in [0.5, 0.6) is 0 Å². The van der Waals surface area contributed by atoms with Gasteiger partial charge in [0.05, 0.1) is 0 Å². The van der Waals surface area contributed by atoms with Gasteiger partial charge < -0.3 is 10.6 Å². The molecule has 1 aromatic rings. The molecule has 0 spiro atoms. The van der Waals surface area contributed by atoms with E-state index < -0.39 is 0 Å². The van der Waals surface area contributed by atoms with Crippen molar-refractivity contribution in [2.24, 2.45) is 0 Å². The smallest absolute Gasteiger partial charge is 0.220 e. The molecule has 4 heteroatoms. The third-order valence-electron chi connectivity index (χ3n) is 3.38. The highest BCUT2D eigenvalue weighted by atomic mass is 32.1. The van der Waals surface area contributed by atoms with Crippen molar-refractivity contribution in [1.82, 2.24) is 10.6 Å². The van der Waals surface area contributed by atoms with Gasteiger partial charge in [-0.2, -0.15) is 0 Å². The minimum atomic E-state index is 0.199. The van der Waals surface area contributed by atoms with Crippen molar-refractivity contribution < 1.29 is 4.79 Å². The first kappa shape index (κ1) is 13.6. The number of hydrogen-bond donors (Lipinski definition) is 2. The van der Waals surface area contributed by atoms with E-state index >= 15 is 0 Å². The zero-order valence-electron chi connectivity index (χ0n) is 10.8. The second-order valence-electron chi connectivity index (χ2n) is 4.86. The lowest BCUT2D eigenvalue weighted by Gasteiger charge is -2.10. The topological polar surface area (TPSA) is 41.1 Å². The van der Waals surface area contributed by atoms with E-state index in [1.807, 2.05) is 0 Å². The molecule has 1 unspecified atom stereocenters. The molecule has 2 heterocycles. The summed E-state index contributed by atoms with van der Waals surface area (Å²) in [6, 6.07) is 4.82. The minimum absolute atomic E-state index is 0.199. The quantitative estimate of drug-likeness (QED) is 0.795. The van der Waals surface area contributed by atoms with E-state index in [4.69, 9.17) is 0 Å². The van der Waals surface area contributed by atoms with Gasteiger partial charge in [0.25, 0.3) is 0 Å². The maximum Gasteiger partial charge on any atom is 0.220 e. The summed E-state index contributed by atoms with van der Waals surface area (Å²) in [5, 5.41) is 8.54. The summed E-state index contributed by atoms with van der Waals surface area (Å²) in [6.45, 7) is 1.95. The van der Waals surface area contributed by atoms with Crippen LogP contribution in [0.1, 0.15) is 37.0 Å². The van der Waals surface area contributed by atoms with E-state index in [9.17, 15) is 4.79 Å². The Hall–Kier alpha value is -0.870. The number of nitrogens with one attached hydrogen (secondary N) is 2. The van der Waals surface area contributed by atoms with Gasteiger partial charge in [0.2, 0.25) is 5.91 Å². The summed E-state index contributed by atoms with van der Waals surface area (Å²) in [5.41, 5.74) is 0. The first-order valence-corrected chi connectivity index (χ1v) is 7.75. The summed E-state index contributed by atoms with van der Waals surface area (Å²) in [7, 11) is 0. The number of hydrogen-bond acceptors (Lipinski definition) is 3. The molecular formula is C14H22N2OS. The van der Waals surface area contributed by atoms with E-state index in [2.05, 4.69) is 28.1 Å². The number of carbonyl (C=O) groups is 1. The van der Waals surface area contributed by atoms with Crippen LogP contribution in [0.15, 0.2) is 17.5 Å². The van der Waals surface area contributed by atoms with E-state index in [-0.39, 0.29) is 5.91 Å². The van der Waals surface area contributed by atoms with Crippen LogP contribution in [0.2, 0.25) is 0 Å². The molecule has 1 aliphatic rings. The molecule has 2 rings (SSSR count). The van der Waals surface area contributed by atoms with Crippen LogP contribution in [0.3, 0.4) is 0 Å². The molecule has 1 aromatic heterocycles. The SMILES string of the molecule is O=C(CCCc1cccs1)NCCC1CCCN1. The molecule has 1 amide bonds. The van der Waals surface area contributed by atoms with Crippen molar-refractivity contribution in [3.8, 4) is 0 Å². The van der Waals surface area contributed by atoms with Crippen molar-refractivity contribution in [3.63, 3.8) is 0 Å². The average molecular weight is 266 g/mol. The van der Waals surface area contributed by atoms with Gasteiger partial charge in [-0.1, -0.05) is 6.07 Å². The Labute approximate surface area is 113 Å².